The van der Waals surface area contributed by atoms with Crippen molar-refractivity contribution in [1.29, 1.82) is 0 Å². The van der Waals surface area contributed by atoms with Gasteiger partial charge in [0.25, 0.3) is 0 Å². The molecule has 0 aromatic heterocycles. The van der Waals surface area contributed by atoms with Gasteiger partial charge in [-0.05, 0) is 17.5 Å². The van der Waals surface area contributed by atoms with Gasteiger partial charge >= 0.3 is 0 Å². The summed E-state index contributed by atoms with van der Waals surface area (Å²) in [5.41, 5.74) is 2.61. The van der Waals surface area contributed by atoms with E-state index in [-0.39, 0.29) is 0 Å². The minimum Gasteiger partial charge on any atom is -0.0795 e. The molecule has 0 spiro atoms. The van der Waals surface area contributed by atoms with Crippen molar-refractivity contribution in [3.05, 3.63) is 77.9 Å². The molecule has 0 saturated heterocycles. The van der Waals surface area contributed by atoms with Crippen LogP contribution < -0.4 is 0 Å². The molecule has 0 atom stereocenters. The van der Waals surface area contributed by atoms with Crippen molar-refractivity contribution in [2.75, 3.05) is 0 Å². The molecule has 0 N–H and O–H groups in total. The summed E-state index contributed by atoms with van der Waals surface area (Å²) >= 11 is 0. The molecule has 0 heterocycles. The Hall–Kier alpha value is -1.82. The summed E-state index contributed by atoms with van der Waals surface area (Å²) < 4.78 is 0. The lowest BCUT2D eigenvalue weighted by atomic mass is 10.1. The van der Waals surface area contributed by atoms with Crippen LogP contribution in [0.25, 0.3) is 6.08 Å². The maximum Gasteiger partial charge on any atom is -0.00941 e. The van der Waals surface area contributed by atoms with E-state index in [0.29, 0.717) is 0 Å². The highest BCUT2D eigenvalue weighted by molar-refractivity contribution is 5.49. The summed E-state index contributed by atoms with van der Waals surface area (Å²) in [6.45, 7) is 4.00. The molecule has 17 heavy (non-hydrogen) atoms. The second-order valence-corrected chi connectivity index (χ2v) is 3.50. The average Bonchev–Trinajstić information content (AvgIpc) is 2.43. The second kappa shape index (κ2) is 8.35. The molecular weight excluding hydrogens is 204 g/mol. The summed E-state index contributed by atoms with van der Waals surface area (Å²) in [4.78, 5) is 0. The molecule has 0 fully saturated rings. The highest BCUT2D eigenvalue weighted by Gasteiger charge is 1.86. The van der Waals surface area contributed by atoms with Crippen molar-refractivity contribution in [3.8, 4) is 0 Å². The molecule has 0 amide bonds. The van der Waals surface area contributed by atoms with E-state index < -0.39 is 0 Å². The quantitative estimate of drug-likeness (QED) is 0.690. The largest absolute Gasteiger partial charge is 0.0795 e. The number of hydrogen-bond donors (Lipinski definition) is 0. The monoisotopic (exact) mass is 224 g/mol. The minimum atomic E-state index is 0.996. The van der Waals surface area contributed by atoms with Gasteiger partial charge in [0.1, 0.15) is 0 Å². The lowest BCUT2D eigenvalue weighted by Gasteiger charge is -1.94. The zero-order valence-electron chi connectivity index (χ0n) is 10.6. The molecule has 0 radical (unpaired) electrons. The summed E-state index contributed by atoms with van der Waals surface area (Å²) in [6.07, 6.45) is 5.35. The highest BCUT2D eigenvalue weighted by atomic mass is 13.9. The van der Waals surface area contributed by atoms with E-state index in [1.165, 1.54) is 11.1 Å². The Morgan fingerprint density at radius 1 is 0.765 bits per heavy atom. The Balaban J connectivity index is 0.000000686. The Morgan fingerprint density at radius 2 is 1.29 bits per heavy atom. The van der Waals surface area contributed by atoms with E-state index in [4.69, 9.17) is 0 Å². The zero-order valence-corrected chi connectivity index (χ0v) is 10.6. The number of hydrogen-bond acceptors (Lipinski definition) is 0. The molecule has 0 saturated carbocycles. The van der Waals surface area contributed by atoms with Gasteiger partial charge in [0.2, 0.25) is 0 Å². The lowest BCUT2D eigenvalue weighted by molar-refractivity contribution is 1.28. The maximum atomic E-state index is 2.20. The molecule has 2 aromatic carbocycles. The van der Waals surface area contributed by atoms with Crippen LogP contribution in [0.1, 0.15) is 25.0 Å². The van der Waals surface area contributed by atoms with Crippen molar-refractivity contribution in [2.45, 2.75) is 20.3 Å². The van der Waals surface area contributed by atoms with E-state index in [1.54, 1.807) is 0 Å². The smallest absolute Gasteiger partial charge is 0.00941 e. The van der Waals surface area contributed by atoms with Crippen LogP contribution in [0.5, 0.6) is 0 Å². The van der Waals surface area contributed by atoms with Crippen LogP contribution in [-0.4, -0.2) is 0 Å². The summed E-state index contributed by atoms with van der Waals surface area (Å²) in [7, 11) is 0. The molecule has 88 valence electrons. The molecule has 0 bridgehead atoms. The fourth-order valence-corrected chi connectivity index (χ4v) is 1.51. The predicted molar refractivity (Wildman–Crippen MR) is 77.0 cm³/mol. The van der Waals surface area contributed by atoms with Crippen molar-refractivity contribution in [1.82, 2.24) is 0 Å². The molecule has 0 aliphatic rings. The van der Waals surface area contributed by atoms with Crippen LogP contribution in [0.15, 0.2) is 66.7 Å². The zero-order chi connectivity index (χ0) is 12.3. The van der Waals surface area contributed by atoms with E-state index in [1.807, 2.05) is 26.0 Å². The first kappa shape index (κ1) is 13.2. The van der Waals surface area contributed by atoms with Crippen LogP contribution in [0.3, 0.4) is 0 Å². The van der Waals surface area contributed by atoms with Gasteiger partial charge in [-0.2, -0.15) is 0 Å². The molecule has 0 heteroatoms. The highest BCUT2D eigenvalue weighted by Crippen LogP contribution is 2.04. The third-order valence-corrected chi connectivity index (χ3v) is 2.31. The number of allylic oxidation sites excluding steroid dienone is 1. The first-order chi connectivity index (χ1) is 8.45. The van der Waals surface area contributed by atoms with Crippen molar-refractivity contribution in [2.24, 2.45) is 0 Å². The first-order valence-electron chi connectivity index (χ1n) is 6.21. The van der Waals surface area contributed by atoms with Crippen molar-refractivity contribution in [3.63, 3.8) is 0 Å². The van der Waals surface area contributed by atoms with E-state index >= 15 is 0 Å². The molecule has 0 aliphatic carbocycles. The second-order valence-electron chi connectivity index (χ2n) is 3.50. The molecule has 0 nitrogen and oxygen atoms in total. The van der Waals surface area contributed by atoms with Crippen LogP contribution in [0, 0.1) is 0 Å². The van der Waals surface area contributed by atoms with Crippen LogP contribution in [0.2, 0.25) is 0 Å². The van der Waals surface area contributed by atoms with E-state index in [2.05, 4.69) is 60.7 Å². The Labute approximate surface area is 105 Å². The van der Waals surface area contributed by atoms with Gasteiger partial charge < -0.3 is 0 Å². The van der Waals surface area contributed by atoms with Gasteiger partial charge in [-0.15, -0.1) is 0 Å². The number of benzene rings is 2. The van der Waals surface area contributed by atoms with Crippen LogP contribution in [0.4, 0.5) is 0 Å². The summed E-state index contributed by atoms with van der Waals surface area (Å²) in [5.74, 6) is 0. The van der Waals surface area contributed by atoms with Gasteiger partial charge in [0, 0.05) is 0 Å². The van der Waals surface area contributed by atoms with Crippen LogP contribution >= 0.6 is 0 Å². The molecule has 0 unspecified atom stereocenters. The van der Waals surface area contributed by atoms with Gasteiger partial charge in [0.15, 0.2) is 0 Å². The predicted octanol–water partition coefficient (Wildman–Crippen LogP) is 4.97. The standard InChI is InChI=1S/C15H14.C2H6/c1-3-8-14(9-4-1)12-7-13-15-10-5-2-6-11-15;1-2/h1-12H,13H2;1-2H3/b12-7+;. The summed E-state index contributed by atoms with van der Waals surface area (Å²) in [6, 6.07) is 20.9. The Morgan fingerprint density at radius 3 is 1.88 bits per heavy atom. The van der Waals surface area contributed by atoms with Gasteiger partial charge in [-0.1, -0.05) is 86.7 Å². The minimum absolute atomic E-state index is 0.996. The first-order valence-corrected chi connectivity index (χ1v) is 6.21. The van der Waals surface area contributed by atoms with Gasteiger partial charge in [-0.25, -0.2) is 0 Å². The van der Waals surface area contributed by atoms with Crippen molar-refractivity contribution < 1.29 is 0 Å². The fourth-order valence-electron chi connectivity index (χ4n) is 1.51. The lowest BCUT2D eigenvalue weighted by Crippen LogP contribution is -1.78. The normalized spacial score (nSPS) is 9.76. The SMILES string of the molecule is C(=C\c1ccccc1)/Cc1ccccc1.CC. The van der Waals surface area contributed by atoms with E-state index in [0.717, 1.165) is 6.42 Å². The Kier molecular flexibility index (Phi) is 6.50. The average molecular weight is 224 g/mol. The Bertz CT molecular complexity index is 412. The third kappa shape index (κ3) is 5.17. The molecule has 2 aromatic rings. The van der Waals surface area contributed by atoms with Gasteiger partial charge in [0.05, 0.1) is 0 Å². The fraction of sp³-hybridized carbons (Fsp3) is 0.176. The van der Waals surface area contributed by atoms with Crippen molar-refractivity contribution >= 4 is 6.08 Å². The van der Waals surface area contributed by atoms with E-state index in [9.17, 15) is 0 Å². The third-order valence-electron chi connectivity index (χ3n) is 2.31. The van der Waals surface area contributed by atoms with Gasteiger partial charge in [-0.3, -0.25) is 0 Å². The molecule has 2 rings (SSSR count). The molecular formula is C17H20. The number of rotatable bonds is 3. The topological polar surface area (TPSA) is 0 Å². The summed E-state index contributed by atoms with van der Waals surface area (Å²) in [5, 5.41) is 0. The maximum absolute atomic E-state index is 2.20. The molecule has 0 aliphatic heterocycles. The van der Waals surface area contributed by atoms with Crippen LogP contribution in [-0.2, 0) is 6.42 Å².